The number of nitrogens with one attached hydrogen (secondary N) is 1. The Morgan fingerprint density at radius 1 is 1.00 bits per heavy atom. The van der Waals surface area contributed by atoms with Crippen LogP contribution in [0, 0.1) is 25.5 Å². The summed E-state index contributed by atoms with van der Waals surface area (Å²) in [4.78, 5) is 7.15. The molecule has 0 saturated carbocycles. The van der Waals surface area contributed by atoms with E-state index in [1.54, 1.807) is 0 Å². The molecule has 0 aliphatic rings. The van der Waals surface area contributed by atoms with E-state index in [0.29, 0.717) is 11.3 Å². The topological polar surface area (TPSA) is 28.7 Å². The van der Waals surface area contributed by atoms with Gasteiger partial charge in [0.1, 0.15) is 17.2 Å². The maximum atomic E-state index is 13.6. The molecule has 0 atom stereocenters. The molecule has 3 rings (SSSR count). The number of aromatic amines is 1. The summed E-state index contributed by atoms with van der Waals surface area (Å²) >= 11 is 0. The van der Waals surface area contributed by atoms with E-state index < -0.39 is 11.6 Å². The summed E-state index contributed by atoms with van der Waals surface area (Å²) in [5, 5.41) is 0. The molecule has 1 aromatic heterocycles. The van der Waals surface area contributed by atoms with Crippen molar-refractivity contribution in [1.29, 1.82) is 0 Å². The second kappa shape index (κ2) is 4.16. The highest BCUT2D eigenvalue weighted by atomic mass is 19.1. The molecular formula is C15H12F2N2. The Balaban J connectivity index is 2.20. The Kier molecular flexibility index (Phi) is 2.59. The number of H-pyrrole nitrogens is 1. The second-order valence-corrected chi connectivity index (χ2v) is 4.67. The quantitative estimate of drug-likeness (QED) is 0.698. The first kappa shape index (κ1) is 11.8. The summed E-state index contributed by atoms with van der Waals surface area (Å²) in [6.07, 6.45) is 0. The molecule has 0 radical (unpaired) electrons. The summed E-state index contributed by atoms with van der Waals surface area (Å²) in [6, 6.07) is 7.95. The lowest BCUT2D eigenvalue weighted by Crippen LogP contribution is -1.85. The Morgan fingerprint density at radius 3 is 2.53 bits per heavy atom. The molecule has 19 heavy (non-hydrogen) atoms. The monoisotopic (exact) mass is 258 g/mol. The fourth-order valence-corrected chi connectivity index (χ4v) is 2.07. The smallest absolute Gasteiger partial charge is 0.153 e. The first-order valence-electron chi connectivity index (χ1n) is 5.97. The molecule has 0 aliphatic carbocycles. The van der Waals surface area contributed by atoms with Gasteiger partial charge in [-0.2, -0.15) is 0 Å². The summed E-state index contributed by atoms with van der Waals surface area (Å²) in [7, 11) is 0. The molecule has 2 nitrogen and oxygen atoms in total. The molecular weight excluding hydrogens is 246 g/mol. The Labute approximate surface area is 109 Å². The van der Waals surface area contributed by atoms with Crippen LogP contribution in [0.25, 0.3) is 22.4 Å². The van der Waals surface area contributed by atoms with E-state index in [9.17, 15) is 8.78 Å². The molecule has 1 heterocycles. The number of fused-ring (bicyclic) bond motifs is 1. The number of aryl methyl sites for hydroxylation is 2. The number of hydrogen-bond donors (Lipinski definition) is 1. The third-order valence-electron chi connectivity index (χ3n) is 3.29. The van der Waals surface area contributed by atoms with Crippen LogP contribution in [-0.4, -0.2) is 9.97 Å². The van der Waals surface area contributed by atoms with Gasteiger partial charge in [-0.15, -0.1) is 0 Å². The van der Waals surface area contributed by atoms with Crippen molar-refractivity contribution in [3.05, 3.63) is 53.1 Å². The van der Waals surface area contributed by atoms with Gasteiger partial charge < -0.3 is 4.98 Å². The van der Waals surface area contributed by atoms with Gasteiger partial charge in [-0.25, -0.2) is 13.8 Å². The van der Waals surface area contributed by atoms with Crippen molar-refractivity contribution >= 4 is 11.0 Å². The highest BCUT2D eigenvalue weighted by Crippen LogP contribution is 2.24. The zero-order valence-electron chi connectivity index (χ0n) is 10.6. The predicted octanol–water partition coefficient (Wildman–Crippen LogP) is 4.12. The zero-order chi connectivity index (χ0) is 13.6. The van der Waals surface area contributed by atoms with Crippen molar-refractivity contribution in [3.63, 3.8) is 0 Å². The number of imidazole rings is 1. The first-order chi connectivity index (χ1) is 9.04. The second-order valence-electron chi connectivity index (χ2n) is 4.67. The van der Waals surface area contributed by atoms with E-state index >= 15 is 0 Å². The first-order valence-corrected chi connectivity index (χ1v) is 5.97. The average Bonchev–Trinajstić information content (AvgIpc) is 2.76. The standard InChI is InChI=1S/C15H12F2N2/c1-8-3-4-10(5-9(8)2)15-18-13-7-11(16)6-12(17)14(13)19-15/h3-7H,1-2H3,(H,18,19). The third kappa shape index (κ3) is 1.99. The van der Waals surface area contributed by atoms with Crippen LogP contribution >= 0.6 is 0 Å². The predicted molar refractivity (Wildman–Crippen MR) is 70.9 cm³/mol. The third-order valence-corrected chi connectivity index (χ3v) is 3.29. The molecule has 0 aliphatic heterocycles. The van der Waals surface area contributed by atoms with Crippen LogP contribution in [0.5, 0.6) is 0 Å². The van der Waals surface area contributed by atoms with Gasteiger partial charge in [-0.05, 0) is 37.1 Å². The molecule has 0 fully saturated rings. The Morgan fingerprint density at radius 2 is 1.79 bits per heavy atom. The van der Waals surface area contributed by atoms with Gasteiger partial charge in [0.05, 0.1) is 5.52 Å². The van der Waals surface area contributed by atoms with Gasteiger partial charge in [0.25, 0.3) is 0 Å². The Bertz CT molecular complexity index is 775. The van der Waals surface area contributed by atoms with Gasteiger partial charge in [-0.1, -0.05) is 12.1 Å². The van der Waals surface area contributed by atoms with Crippen LogP contribution in [0.2, 0.25) is 0 Å². The summed E-state index contributed by atoms with van der Waals surface area (Å²) in [6.45, 7) is 4.02. The molecule has 0 bridgehead atoms. The minimum atomic E-state index is -0.652. The average molecular weight is 258 g/mol. The highest BCUT2D eigenvalue weighted by molar-refractivity contribution is 5.80. The molecule has 96 valence electrons. The lowest BCUT2D eigenvalue weighted by Gasteiger charge is -2.02. The van der Waals surface area contributed by atoms with Crippen LogP contribution in [0.15, 0.2) is 30.3 Å². The lowest BCUT2D eigenvalue weighted by atomic mass is 10.1. The Hall–Kier alpha value is -2.23. The van der Waals surface area contributed by atoms with E-state index in [1.807, 2.05) is 32.0 Å². The molecule has 0 unspecified atom stereocenters. The largest absolute Gasteiger partial charge is 0.338 e. The molecule has 0 saturated heterocycles. The molecule has 4 heteroatoms. The van der Waals surface area contributed by atoms with E-state index in [0.717, 1.165) is 17.2 Å². The van der Waals surface area contributed by atoms with Crippen molar-refractivity contribution in [3.8, 4) is 11.4 Å². The van der Waals surface area contributed by atoms with Crippen molar-refractivity contribution in [2.24, 2.45) is 0 Å². The molecule has 2 aromatic carbocycles. The van der Waals surface area contributed by atoms with E-state index in [-0.39, 0.29) is 5.52 Å². The van der Waals surface area contributed by atoms with Crippen molar-refractivity contribution in [2.75, 3.05) is 0 Å². The fourth-order valence-electron chi connectivity index (χ4n) is 2.07. The molecule has 3 aromatic rings. The minimum Gasteiger partial charge on any atom is -0.338 e. The number of benzene rings is 2. The lowest BCUT2D eigenvalue weighted by molar-refractivity contribution is 0.591. The van der Waals surface area contributed by atoms with Crippen LogP contribution in [0.3, 0.4) is 0 Å². The number of aromatic nitrogens is 2. The summed E-state index contributed by atoms with van der Waals surface area (Å²) in [5.41, 5.74) is 3.70. The van der Waals surface area contributed by atoms with Gasteiger partial charge in [0.15, 0.2) is 5.82 Å². The van der Waals surface area contributed by atoms with Crippen molar-refractivity contribution < 1.29 is 8.78 Å². The number of nitrogens with zero attached hydrogens (tertiary/aromatic N) is 1. The van der Waals surface area contributed by atoms with Crippen LogP contribution in [0.1, 0.15) is 11.1 Å². The van der Waals surface area contributed by atoms with Gasteiger partial charge in [0.2, 0.25) is 0 Å². The minimum absolute atomic E-state index is 0.162. The molecule has 0 spiro atoms. The number of hydrogen-bond acceptors (Lipinski definition) is 1. The van der Waals surface area contributed by atoms with E-state index in [2.05, 4.69) is 9.97 Å². The van der Waals surface area contributed by atoms with Gasteiger partial charge >= 0.3 is 0 Å². The van der Waals surface area contributed by atoms with Crippen LogP contribution in [0.4, 0.5) is 8.78 Å². The van der Waals surface area contributed by atoms with E-state index in [4.69, 9.17) is 0 Å². The SMILES string of the molecule is Cc1ccc(-c2nc3c(F)cc(F)cc3[nH]2)cc1C. The van der Waals surface area contributed by atoms with Gasteiger partial charge in [0, 0.05) is 11.6 Å². The van der Waals surface area contributed by atoms with Crippen molar-refractivity contribution in [2.45, 2.75) is 13.8 Å². The summed E-state index contributed by atoms with van der Waals surface area (Å²) in [5.74, 6) is -0.718. The molecule has 1 N–H and O–H groups in total. The number of halogens is 2. The van der Waals surface area contributed by atoms with Crippen LogP contribution < -0.4 is 0 Å². The summed E-state index contributed by atoms with van der Waals surface area (Å²) < 4.78 is 26.7. The fraction of sp³-hybridized carbons (Fsp3) is 0.133. The maximum Gasteiger partial charge on any atom is 0.153 e. The number of rotatable bonds is 1. The van der Waals surface area contributed by atoms with Crippen molar-refractivity contribution in [1.82, 2.24) is 9.97 Å². The molecule has 0 amide bonds. The van der Waals surface area contributed by atoms with Crippen LogP contribution in [-0.2, 0) is 0 Å². The van der Waals surface area contributed by atoms with Gasteiger partial charge in [-0.3, -0.25) is 0 Å². The zero-order valence-corrected chi connectivity index (χ0v) is 10.6. The normalized spacial score (nSPS) is 11.2. The van der Waals surface area contributed by atoms with E-state index in [1.165, 1.54) is 11.6 Å². The highest BCUT2D eigenvalue weighted by Gasteiger charge is 2.11. The maximum absolute atomic E-state index is 13.6.